The summed E-state index contributed by atoms with van der Waals surface area (Å²) in [6.45, 7) is 5.39. The van der Waals surface area contributed by atoms with Crippen molar-refractivity contribution in [2.75, 3.05) is 31.0 Å². The number of nitrogens with zero attached hydrogens (tertiary/aromatic N) is 2. The van der Waals surface area contributed by atoms with Crippen LogP contribution in [0.15, 0.2) is 12.1 Å². The molecular formula is C16H29N3S. The minimum absolute atomic E-state index is 0.522. The van der Waals surface area contributed by atoms with Gasteiger partial charge in [0, 0.05) is 25.3 Å². The monoisotopic (exact) mass is 295 g/mol. The molecule has 0 saturated heterocycles. The minimum Gasteiger partial charge on any atom is -0.357 e. The molecule has 4 heteroatoms. The van der Waals surface area contributed by atoms with Crippen molar-refractivity contribution in [1.29, 1.82) is 0 Å². The van der Waals surface area contributed by atoms with Crippen LogP contribution in [-0.2, 0) is 13.0 Å². The van der Waals surface area contributed by atoms with Crippen molar-refractivity contribution >= 4 is 17.6 Å². The summed E-state index contributed by atoms with van der Waals surface area (Å²) in [4.78, 5) is 7.14. The zero-order valence-electron chi connectivity index (χ0n) is 13.6. The lowest BCUT2D eigenvalue weighted by molar-refractivity contribution is 0.658. The Kier molecular flexibility index (Phi) is 8.00. The van der Waals surface area contributed by atoms with Gasteiger partial charge < -0.3 is 10.2 Å². The lowest BCUT2D eigenvalue weighted by Crippen LogP contribution is -2.30. The SMILES string of the molecule is CCCc1cc(CNC)cc(N(C)C(C)CCSC)n1. The Morgan fingerprint density at radius 3 is 2.75 bits per heavy atom. The first kappa shape index (κ1) is 17.3. The van der Waals surface area contributed by atoms with E-state index in [1.807, 2.05) is 18.8 Å². The summed E-state index contributed by atoms with van der Waals surface area (Å²) >= 11 is 1.91. The van der Waals surface area contributed by atoms with Gasteiger partial charge in [-0.05, 0) is 56.5 Å². The van der Waals surface area contributed by atoms with Gasteiger partial charge in [-0.15, -0.1) is 0 Å². The number of nitrogens with one attached hydrogen (secondary N) is 1. The molecule has 1 unspecified atom stereocenters. The molecule has 1 N–H and O–H groups in total. The van der Waals surface area contributed by atoms with E-state index in [0.29, 0.717) is 6.04 Å². The van der Waals surface area contributed by atoms with Gasteiger partial charge in [0.05, 0.1) is 0 Å². The Hall–Kier alpha value is -0.740. The lowest BCUT2D eigenvalue weighted by atomic mass is 10.1. The maximum absolute atomic E-state index is 4.83. The number of aromatic nitrogens is 1. The van der Waals surface area contributed by atoms with Gasteiger partial charge >= 0.3 is 0 Å². The number of hydrogen-bond acceptors (Lipinski definition) is 4. The molecule has 1 aromatic rings. The quantitative estimate of drug-likeness (QED) is 0.756. The first-order chi connectivity index (χ1) is 9.62. The average Bonchev–Trinajstić information content (AvgIpc) is 2.44. The first-order valence-electron chi connectivity index (χ1n) is 7.48. The Morgan fingerprint density at radius 2 is 2.15 bits per heavy atom. The number of aryl methyl sites for hydroxylation is 1. The second-order valence-corrected chi connectivity index (χ2v) is 6.33. The van der Waals surface area contributed by atoms with Crippen molar-refractivity contribution in [3.63, 3.8) is 0 Å². The largest absolute Gasteiger partial charge is 0.357 e. The third-order valence-corrected chi connectivity index (χ3v) is 4.22. The molecule has 20 heavy (non-hydrogen) atoms. The molecule has 0 aliphatic rings. The number of thioether (sulfide) groups is 1. The molecule has 1 heterocycles. The Morgan fingerprint density at radius 1 is 1.40 bits per heavy atom. The molecule has 0 fully saturated rings. The second kappa shape index (κ2) is 9.24. The Labute approximate surface area is 128 Å². The summed E-state index contributed by atoms with van der Waals surface area (Å²) in [5.41, 5.74) is 2.53. The third-order valence-electron chi connectivity index (χ3n) is 3.57. The van der Waals surface area contributed by atoms with Crippen LogP contribution in [0.3, 0.4) is 0 Å². The third kappa shape index (κ3) is 5.33. The van der Waals surface area contributed by atoms with E-state index in [1.54, 1.807) is 0 Å². The maximum atomic E-state index is 4.83. The Balaban J connectivity index is 2.90. The fourth-order valence-electron chi connectivity index (χ4n) is 2.21. The highest BCUT2D eigenvalue weighted by atomic mass is 32.2. The van der Waals surface area contributed by atoms with Crippen molar-refractivity contribution in [2.24, 2.45) is 0 Å². The fraction of sp³-hybridized carbons (Fsp3) is 0.688. The standard InChI is InChI=1S/C16H29N3S/c1-6-7-15-10-14(12-17-3)11-16(18-15)19(4)13(2)8-9-20-5/h10-11,13,17H,6-9,12H2,1-5H3. The molecular weight excluding hydrogens is 266 g/mol. The molecule has 0 radical (unpaired) electrons. The number of pyridine rings is 1. The molecule has 0 amide bonds. The van der Waals surface area contributed by atoms with Crippen LogP contribution < -0.4 is 10.2 Å². The number of anilines is 1. The lowest BCUT2D eigenvalue weighted by Gasteiger charge is -2.27. The smallest absolute Gasteiger partial charge is 0.129 e. The van der Waals surface area contributed by atoms with Crippen molar-refractivity contribution < 1.29 is 0 Å². The molecule has 0 aliphatic heterocycles. The summed E-state index contributed by atoms with van der Waals surface area (Å²) in [5.74, 6) is 2.30. The van der Waals surface area contributed by atoms with Crippen LogP contribution in [0.5, 0.6) is 0 Å². The zero-order valence-corrected chi connectivity index (χ0v) is 14.4. The maximum Gasteiger partial charge on any atom is 0.129 e. The minimum atomic E-state index is 0.522. The van der Waals surface area contributed by atoms with E-state index >= 15 is 0 Å². The normalized spacial score (nSPS) is 12.4. The van der Waals surface area contributed by atoms with Crippen LogP contribution in [0.25, 0.3) is 0 Å². The number of hydrogen-bond donors (Lipinski definition) is 1. The van der Waals surface area contributed by atoms with Crippen molar-refractivity contribution in [3.05, 3.63) is 23.4 Å². The second-order valence-electron chi connectivity index (χ2n) is 5.35. The van der Waals surface area contributed by atoms with E-state index in [2.05, 4.69) is 49.5 Å². The molecule has 0 aliphatic carbocycles. The van der Waals surface area contributed by atoms with Gasteiger partial charge in [0.25, 0.3) is 0 Å². The molecule has 1 aromatic heterocycles. The molecule has 1 atom stereocenters. The van der Waals surface area contributed by atoms with E-state index in [0.717, 1.165) is 25.2 Å². The Bertz CT molecular complexity index is 371. The van der Waals surface area contributed by atoms with Crippen molar-refractivity contribution in [1.82, 2.24) is 10.3 Å². The molecule has 0 saturated carbocycles. The molecule has 3 nitrogen and oxygen atoms in total. The average molecular weight is 295 g/mol. The summed E-state index contributed by atoms with van der Waals surface area (Å²) in [7, 11) is 4.15. The van der Waals surface area contributed by atoms with Crippen LogP contribution in [0, 0.1) is 0 Å². The highest BCUT2D eigenvalue weighted by molar-refractivity contribution is 7.98. The predicted molar refractivity (Wildman–Crippen MR) is 91.9 cm³/mol. The van der Waals surface area contributed by atoms with Crippen LogP contribution in [-0.4, -0.2) is 37.1 Å². The van der Waals surface area contributed by atoms with E-state index in [-0.39, 0.29) is 0 Å². The van der Waals surface area contributed by atoms with Crippen LogP contribution in [0.2, 0.25) is 0 Å². The topological polar surface area (TPSA) is 28.2 Å². The molecule has 1 rings (SSSR count). The summed E-state index contributed by atoms with van der Waals surface area (Å²) in [6, 6.07) is 4.96. The van der Waals surface area contributed by atoms with Gasteiger partial charge in [0.1, 0.15) is 5.82 Å². The summed E-state index contributed by atoms with van der Waals surface area (Å²) in [5, 5.41) is 3.23. The highest BCUT2D eigenvalue weighted by Gasteiger charge is 2.12. The fourth-order valence-corrected chi connectivity index (χ4v) is 2.79. The van der Waals surface area contributed by atoms with Gasteiger partial charge in [-0.2, -0.15) is 11.8 Å². The van der Waals surface area contributed by atoms with Gasteiger partial charge in [-0.1, -0.05) is 13.3 Å². The van der Waals surface area contributed by atoms with E-state index in [4.69, 9.17) is 4.98 Å². The zero-order chi connectivity index (χ0) is 15.0. The van der Waals surface area contributed by atoms with E-state index in [9.17, 15) is 0 Å². The van der Waals surface area contributed by atoms with Gasteiger partial charge in [-0.3, -0.25) is 0 Å². The van der Waals surface area contributed by atoms with E-state index in [1.165, 1.54) is 23.4 Å². The van der Waals surface area contributed by atoms with Gasteiger partial charge in [0.15, 0.2) is 0 Å². The predicted octanol–water partition coefficient (Wildman–Crippen LogP) is 3.33. The molecule has 0 aromatic carbocycles. The molecule has 114 valence electrons. The van der Waals surface area contributed by atoms with Crippen LogP contribution in [0.1, 0.15) is 37.9 Å². The van der Waals surface area contributed by atoms with E-state index < -0.39 is 0 Å². The summed E-state index contributed by atoms with van der Waals surface area (Å²) in [6.07, 6.45) is 5.55. The number of rotatable bonds is 9. The summed E-state index contributed by atoms with van der Waals surface area (Å²) < 4.78 is 0. The van der Waals surface area contributed by atoms with Crippen molar-refractivity contribution in [3.8, 4) is 0 Å². The van der Waals surface area contributed by atoms with Crippen LogP contribution >= 0.6 is 11.8 Å². The van der Waals surface area contributed by atoms with Crippen molar-refractivity contribution in [2.45, 2.75) is 45.7 Å². The first-order valence-corrected chi connectivity index (χ1v) is 8.88. The molecule has 0 bridgehead atoms. The van der Waals surface area contributed by atoms with Gasteiger partial charge in [-0.25, -0.2) is 4.98 Å². The van der Waals surface area contributed by atoms with Gasteiger partial charge in [0.2, 0.25) is 0 Å². The van der Waals surface area contributed by atoms with Crippen LogP contribution in [0.4, 0.5) is 5.82 Å². The molecule has 0 spiro atoms. The highest BCUT2D eigenvalue weighted by Crippen LogP contribution is 2.19.